The SMILES string of the molecule is COc1ccc(-n2c(-c3ccccc3)cc3oc(=O)c(Sc4ccccc4)c(O)c3c2=O)cc1.COc1ccc(-n2c(-c3ccccc3)cc3oc(=O)c(Sc4ccccc4F)c(O)c3c2=O)cc1.COc1ccc2c3oc(=O)c(Sc4ccc(C)cc4)c(O)c3c(=O)n(Cc3ccc(F)cc3)c2c1.O=c1oc2c(c(O)c1Sc1ccccc1Br)c(=O)n(Cc1ccc(F)cc1)c1cc(O)c(O)cc21. The van der Waals surface area contributed by atoms with Gasteiger partial charge in [-0.2, -0.15) is 0 Å². The number of methoxy groups -OCH3 is 3. The van der Waals surface area contributed by atoms with Crippen LogP contribution in [0.4, 0.5) is 13.2 Å². The summed E-state index contributed by atoms with van der Waals surface area (Å²) in [6, 6.07) is 83.5. The molecule has 0 bridgehead atoms. The fourth-order valence-corrected chi connectivity index (χ4v) is 19.2. The minimum absolute atomic E-state index is 0.00114. The highest BCUT2D eigenvalue weighted by atomic mass is 79.9. The van der Waals surface area contributed by atoms with Crippen molar-refractivity contribution in [1.82, 2.24) is 18.3 Å². The predicted molar refractivity (Wildman–Crippen MR) is 531 cm³/mol. The molecular weight excluding hydrogens is 1930 g/mol. The van der Waals surface area contributed by atoms with Crippen molar-refractivity contribution >= 4 is 129 Å². The van der Waals surface area contributed by atoms with Crippen LogP contribution in [0.3, 0.4) is 0 Å². The van der Waals surface area contributed by atoms with E-state index in [1.807, 2.05) is 122 Å². The highest BCUT2D eigenvalue weighted by Crippen LogP contribution is 2.45. The Hall–Kier alpha value is -16.3. The lowest BCUT2D eigenvalue weighted by Crippen LogP contribution is -2.23. The summed E-state index contributed by atoms with van der Waals surface area (Å²) < 4.78 is 85.2. The highest BCUT2D eigenvalue weighted by Gasteiger charge is 2.30. The van der Waals surface area contributed by atoms with Gasteiger partial charge in [-0.25, -0.2) is 32.3 Å². The molecule has 0 radical (unpaired) electrons. The number of rotatable bonds is 19. The van der Waals surface area contributed by atoms with Crippen LogP contribution >= 0.6 is 63.0 Å². The normalized spacial score (nSPS) is 11.2. The van der Waals surface area contributed by atoms with Crippen molar-refractivity contribution in [2.24, 2.45) is 0 Å². The third kappa shape index (κ3) is 19.5. The fourth-order valence-electron chi connectivity index (χ4n) is 15.2. The second-order valence-corrected chi connectivity index (χ2v) is 35.9. The number of aromatic hydroxyl groups is 6. The first-order chi connectivity index (χ1) is 67.1. The molecule has 694 valence electrons. The van der Waals surface area contributed by atoms with Crippen LogP contribution in [-0.2, 0) is 13.1 Å². The Morgan fingerprint density at radius 3 is 1.17 bits per heavy atom. The zero-order valence-corrected chi connectivity index (χ0v) is 77.9. The number of phenols is 2. The first kappa shape index (κ1) is 94.4. The molecule has 20 rings (SSSR count). The third-order valence-corrected chi connectivity index (χ3v) is 27.4. The molecule has 139 heavy (non-hydrogen) atoms. The number of hydrogen-bond donors (Lipinski definition) is 6. The Morgan fingerprint density at radius 1 is 0.345 bits per heavy atom. The third-order valence-electron chi connectivity index (χ3n) is 22.0. The quantitative estimate of drug-likeness (QED) is 0.0323. The van der Waals surface area contributed by atoms with Crippen LogP contribution in [0.5, 0.6) is 51.7 Å². The minimum atomic E-state index is -0.875. The molecule has 25 nitrogen and oxygen atoms in total. The first-order valence-electron chi connectivity index (χ1n) is 42.0. The van der Waals surface area contributed by atoms with Crippen molar-refractivity contribution in [3.63, 3.8) is 0 Å². The van der Waals surface area contributed by atoms with Gasteiger partial charge in [-0.15, -0.1) is 0 Å². The number of aryl methyl sites for hydroxylation is 1. The summed E-state index contributed by atoms with van der Waals surface area (Å²) in [6.07, 6.45) is 0. The van der Waals surface area contributed by atoms with Crippen molar-refractivity contribution in [2.75, 3.05) is 21.3 Å². The van der Waals surface area contributed by atoms with Gasteiger partial charge in [0.15, 0.2) is 45.7 Å². The Balaban J connectivity index is 0.000000128. The van der Waals surface area contributed by atoms with Crippen LogP contribution in [0.15, 0.2) is 403 Å². The largest absolute Gasteiger partial charge is 0.505 e. The lowest BCUT2D eigenvalue weighted by atomic mass is 10.1. The summed E-state index contributed by atoms with van der Waals surface area (Å²) in [5.74, 6) is -2.57. The summed E-state index contributed by atoms with van der Waals surface area (Å²) in [5.41, 5.74) is 0.631. The Bertz CT molecular complexity index is 8720. The molecule has 12 aromatic carbocycles. The molecule has 20 aromatic rings. The van der Waals surface area contributed by atoms with Crippen LogP contribution < -0.4 is 59.0 Å². The standard InChI is InChI=1S/C27H20FNO5S.C27H18FNO5S.C27H19NO5S.C25H15BrFNO6S/c1-15-3-10-19(11-4-15)35-25-23(30)22-24(34-27(25)32)20-12-9-18(33-2)13-21(20)29(26(22)31)14-16-5-7-17(28)8-6-16;1-33-18-13-11-17(12-14-18)29-20(16-7-3-2-4-8-16)15-21-23(26(29)31)24(30)25(27(32)34-21)35-22-10-6-5-9-19(22)28;1-32-19-14-12-18(13-15-19)28-21(17-8-4-2-5-9-17)16-22-23(26(28)30)24(29)25(27(31)33-22)34-20-10-6-3-7-11-20;26-15-3-1-2-4-19(15)35-23-21(31)20-22(34-25(23)33)14-9-17(29)18(30)10-16(14)28(24(20)32)11-12-5-7-13(27)8-6-12/h3-13,30H,14H2,1-2H3;2-15,30H,1H3;2-16,29H,1H3;1-10,29-31H,11H2. The monoisotopic (exact) mass is 2000 g/mol. The van der Waals surface area contributed by atoms with Crippen molar-refractivity contribution < 1.29 is 75.7 Å². The molecule has 0 spiro atoms. The van der Waals surface area contributed by atoms with Crippen LogP contribution in [0.2, 0.25) is 0 Å². The number of pyridine rings is 4. The number of ether oxygens (including phenoxy) is 3. The van der Waals surface area contributed by atoms with Gasteiger partial charge in [0.1, 0.15) is 87.0 Å². The van der Waals surface area contributed by atoms with E-state index in [1.165, 1.54) is 86.0 Å². The van der Waals surface area contributed by atoms with Crippen LogP contribution in [0.25, 0.3) is 99.6 Å². The van der Waals surface area contributed by atoms with Gasteiger partial charge in [-0.3, -0.25) is 28.3 Å². The van der Waals surface area contributed by atoms with Gasteiger partial charge in [-0.05, 0) is 185 Å². The molecule has 8 heterocycles. The molecule has 0 aliphatic carbocycles. The summed E-state index contributed by atoms with van der Waals surface area (Å²) in [6.45, 7) is 2.01. The number of halogens is 4. The van der Waals surface area contributed by atoms with E-state index >= 15 is 0 Å². The maximum Gasteiger partial charge on any atom is 0.354 e. The zero-order valence-electron chi connectivity index (χ0n) is 73.0. The molecule has 6 N–H and O–H groups in total. The molecule has 0 amide bonds. The van der Waals surface area contributed by atoms with E-state index in [-0.39, 0.29) is 98.2 Å². The molecule has 8 aromatic heterocycles. The Labute approximate surface area is 808 Å². The van der Waals surface area contributed by atoms with Gasteiger partial charge < -0.3 is 71.7 Å². The van der Waals surface area contributed by atoms with E-state index in [0.29, 0.717) is 88.7 Å². The van der Waals surface area contributed by atoms with E-state index in [2.05, 4.69) is 15.9 Å². The molecule has 0 unspecified atom stereocenters. The smallest absolute Gasteiger partial charge is 0.354 e. The van der Waals surface area contributed by atoms with Crippen molar-refractivity contribution in [1.29, 1.82) is 0 Å². The van der Waals surface area contributed by atoms with Gasteiger partial charge >= 0.3 is 22.5 Å². The van der Waals surface area contributed by atoms with Crippen molar-refractivity contribution in [3.05, 3.63) is 425 Å². The summed E-state index contributed by atoms with van der Waals surface area (Å²) in [7, 11) is 4.62. The van der Waals surface area contributed by atoms with E-state index in [4.69, 9.17) is 31.9 Å². The van der Waals surface area contributed by atoms with Gasteiger partial charge in [0.05, 0.1) is 56.8 Å². The summed E-state index contributed by atoms with van der Waals surface area (Å²) in [4.78, 5) is 108. The lowest BCUT2D eigenvalue weighted by molar-refractivity contribution is 0.404. The number of aromatic nitrogens is 4. The fraction of sp³-hybridized carbons (Fsp3) is 0.0566. The minimum Gasteiger partial charge on any atom is -0.505 e. The lowest BCUT2D eigenvalue weighted by Gasteiger charge is -2.16. The average Bonchev–Trinajstić information content (AvgIpc) is 0.740. The second kappa shape index (κ2) is 40.7. The molecular formula is C106H72BrF3N4O21S4. The van der Waals surface area contributed by atoms with Gasteiger partial charge in [0, 0.05) is 70.5 Å². The van der Waals surface area contributed by atoms with E-state index < -0.39 is 90.9 Å². The van der Waals surface area contributed by atoms with E-state index in [1.54, 1.807) is 129 Å². The Kier molecular flexibility index (Phi) is 27.6. The van der Waals surface area contributed by atoms with Crippen LogP contribution in [0.1, 0.15) is 16.7 Å². The molecule has 0 aliphatic heterocycles. The number of fused-ring (bicyclic) bond motifs is 8. The van der Waals surface area contributed by atoms with Crippen molar-refractivity contribution in [2.45, 2.75) is 59.2 Å². The van der Waals surface area contributed by atoms with Gasteiger partial charge in [0.25, 0.3) is 22.2 Å². The van der Waals surface area contributed by atoms with Gasteiger partial charge in [-0.1, -0.05) is 192 Å². The summed E-state index contributed by atoms with van der Waals surface area (Å²) in [5, 5.41) is 64.5. The number of benzene rings is 12. The number of phenolic OH excluding ortho intramolecular Hbond substituents is 2. The molecule has 0 saturated heterocycles. The Morgan fingerprint density at radius 2 is 0.719 bits per heavy atom. The number of nitrogens with zero attached hydrogens (tertiary/aromatic N) is 4. The molecule has 0 fully saturated rings. The predicted octanol–water partition coefficient (Wildman–Crippen LogP) is 21.9. The van der Waals surface area contributed by atoms with Crippen molar-refractivity contribution in [3.8, 4) is 85.6 Å². The maximum absolute atomic E-state index is 14.2. The zero-order chi connectivity index (χ0) is 97.7. The van der Waals surface area contributed by atoms with Crippen LogP contribution in [-0.4, -0.2) is 70.2 Å². The topological polar surface area (TPSA) is 358 Å². The average molecular weight is 2000 g/mol. The van der Waals surface area contributed by atoms with Crippen LogP contribution in [0, 0.1) is 24.4 Å². The van der Waals surface area contributed by atoms with Gasteiger partial charge in [0.2, 0.25) is 0 Å². The van der Waals surface area contributed by atoms with E-state index in [0.717, 1.165) is 68.3 Å². The van der Waals surface area contributed by atoms with E-state index in [9.17, 15) is 82.2 Å². The maximum atomic E-state index is 14.2. The molecule has 0 atom stereocenters. The number of hydrogen-bond acceptors (Lipinski definition) is 25. The second-order valence-electron chi connectivity index (χ2n) is 30.8. The molecule has 0 saturated carbocycles. The first-order valence-corrected chi connectivity index (χ1v) is 46.0. The molecule has 0 aliphatic rings. The molecule has 33 heteroatoms. The highest BCUT2D eigenvalue weighted by molar-refractivity contribution is 9.10. The summed E-state index contributed by atoms with van der Waals surface area (Å²) >= 11 is 7.10.